The zero-order chi connectivity index (χ0) is 47.2. The van der Waals surface area contributed by atoms with Crippen molar-refractivity contribution in [1.82, 2.24) is 0 Å². The highest BCUT2D eigenvalue weighted by Gasteiger charge is 2.19. The monoisotopic (exact) mass is 903 g/mol. The number of hydrogen-bond acceptors (Lipinski definition) is 6. The number of carbonyl (C=O) groups is 3. The molecule has 65 heavy (non-hydrogen) atoms. The third-order valence-electron chi connectivity index (χ3n) is 11.1. The maximum absolute atomic E-state index is 12.8. The molecule has 0 aromatic carbocycles. The molecule has 1 atom stereocenters. The summed E-state index contributed by atoms with van der Waals surface area (Å²) in [4.78, 5) is 38.0. The molecule has 0 saturated carbocycles. The molecule has 0 N–H and O–H groups in total. The Balaban J connectivity index is 4.46. The molecule has 0 saturated heterocycles. The van der Waals surface area contributed by atoms with Crippen LogP contribution < -0.4 is 0 Å². The molecule has 6 nitrogen and oxygen atoms in total. The highest BCUT2D eigenvalue weighted by Crippen LogP contribution is 2.14. The number of esters is 3. The van der Waals surface area contributed by atoms with Crippen molar-refractivity contribution >= 4 is 17.9 Å². The van der Waals surface area contributed by atoms with E-state index in [9.17, 15) is 14.4 Å². The lowest BCUT2D eigenvalue weighted by Crippen LogP contribution is -2.30. The summed E-state index contributed by atoms with van der Waals surface area (Å²) in [5, 5.41) is 0. The predicted molar refractivity (Wildman–Crippen MR) is 279 cm³/mol. The van der Waals surface area contributed by atoms with Gasteiger partial charge in [-0.3, -0.25) is 14.4 Å². The summed E-state index contributed by atoms with van der Waals surface area (Å²) in [6.45, 7) is 6.44. The fraction of sp³-hybridized carbons (Fsp3) is 0.678. The van der Waals surface area contributed by atoms with Crippen LogP contribution in [0.5, 0.6) is 0 Å². The number of carbonyl (C=O) groups excluding carboxylic acids is 3. The van der Waals surface area contributed by atoms with Gasteiger partial charge in [-0.1, -0.05) is 214 Å². The molecule has 0 aliphatic rings. The van der Waals surface area contributed by atoms with E-state index in [1.54, 1.807) is 0 Å². The van der Waals surface area contributed by atoms with Crippen LogP contribution in [0.1, 0.15) is 239 Å². The van der Waals surface area contributed by atoms with Crippen LogP contribution in [0.15, 0.2) is 97.2 Å². The lowest BCUT2D eigenvalue weighted by Gasteiger charge is -2.18. The zero-order valence-electron chi connectivity index (χ0n) is 42.2. The van der Waals surface area contributed by atoms with E-state index in [2.05, 4.69) is 118 Å². The average Bonchev–Trinajstić information content (AvgIpc) is 3.30. The van der Waals surface area contributed by atoms with Crippen molar-refractivity contribution in [3.63, 3.8) is 0 Å². The minimum absolute atomic E-state index is 0.0965. The third kappa shape index (κ3) is 51.2. The summed E-state index contributed by atoms with van der Waals surface area (Å²) in [6.07, 6.45) is 69.6. The SMILES string of the molecule is CC/C=C\C/C=C\C/C=C\C/C=C\C/C=C\C/C=C\CCCCC(=O)OCC(COC(=O)CCCCCCCCCCCCC)OC(=O)CCCCCCC/C=C\C/C=C\CCCCC. The van der Waals surface area contributed by atoms with Crippen molar-refractivity contribution in [2.45, 2.75) is 245 Å². The first-order valence-electron chi connectivity index (χ1n) is 26.7. The highest BCUT2D eigenvalue weighted by molar-refractivity contribution is 5.71. The number of allylic oxidation sites excluding steroid dienone is 16. The molecule has 0 fully saturated rings. The Morgan fingerprint density at radius 3 is 1.00 bits per heavy atom. The minimum Gasteiger partial charge on any atom is -0.462 e. The van der Waals surface area contributed by atoms with E-state index in [4.69, 9.17) is 14.2 Å². The lowest BCUT2D eigenvalue weighted by molar-refractivity contribution is -0.167. The standard InChI is InChI=1S/C59H98O6/c1-4-7-10-13-16-19-22-24-26-27-28-29-30-31-33-34-37-40-43-46-49-52-58(61)64-55-56(54-63-57(60)51-48-45-42-39-36-21-18-15-12-9-6-3)65-59(62)53-50-47-44-41-38-35-32-25-23-20-17-14-11-8-5-2/h7,10,16-17,19-20,24-26,28-29,31-33,37,40,56H,4-6,8-9,11-15,18,21-23,27,30,34-36,38-39,41-55H2,1-3H3/b10-7-,19-16-,20-17-,26-24-,29-28-,32-25-,33-31-,40-37-. The molecule has 0 spiro atoms. The molecule has 370 valence electrons. The van der Waals surface area contributed by atoms with Crippen molar-refractivity contribution in [2.75, 3.05) is 13.2 Å². The van der Waals surface area contributed by atoms with Gasteiger partial charge in [-0.2, -0.15) is 0 Å². The van der Waals surface area contributed by atoms with Gasteiger partial charge in [0.25, 0.3) is 0 Å². The van der Waals surface area contributed by atoms with E-state index in [1.165, 1.54) is 77.0 Å². The first kappa shape index (κ1) is 61.3. The van der Waals surface area contributed by atoms with Crippen LogP contribution in [0, 0.1) is 0 Å². The average molecular weight is 903 g/mol. The van der Waals surface area contributed by atoms with Gasteiger partial charge in [0, 0.05) is 19.3 Å². The molecule has 0 aromatic heterocycles. The predicted octanol–water partition coefficient (Wildman–Crippen LogP) is 17.8. The Morgan fingerprint density at radius 2 is 0.600 bits per heavy atom. The third-order valence-corrected chi connectivity index (χ3v) is 11.1. The quantitative estimate of drug-likeness (QED) is 0.0262. The Hall–Kier alpha value is -3.67. The second-order valence-corrected chi connectivity index (χ2v) is 17.4. The maximum atomic E-state index is 12.8. The van der Waals surface area contributed by atoms with Gasteiger partial charge in [0.15, 0.2) is 6.10 Å². The van der Waals surface area contributed by atoms with E-state index < -0.39 is 6.10 Å². The first-order chi connectivity index (χ1) is 32.0. The molecule has 0 aromatic rings. The van der Waals surface area contributed by atoms with Crippen LogP contribution in [-0.2, 0) is 28.6 Å². The topological polar surface area (TPSA) is 78.9 Å². The molecular formula is C59H98O6. The van der Waals surface area contributed by atoms with Gasteiger partial charge >= 0.3 is 17.9 Å². The molecule has 0 aliphatic carbocycles. The second kappa shape index (κ2) is 52.9. The van der Waals surface area contributed by atoms with E-state index in [1.807, 2.05) is 0 Å². The lowest BCUT2D eigenvalue weighted by atomic mass is 10.1. The number of unbranched alkanes of at least 4 members (excludes halogenated alkanes) is 20. The van der Waals surface area contributed by atoms with E-state index in [0.29, 0.717) is 19.3 Å². The normalized spacial score (nSPS) is 12.8. The van der Waals surface area contributed by atoms with E-state index >= 15 is 0 Å². The van der Waals surface area contributed by atoms with Gasteiger partial charge in [0.1, 0.15) is 13.2 Å². The zero-order valence-corrected chi connectivity index (χ0v) is 42.2. The van der Waals surface area contributed by atoms with E-state index in [-0.39, 0.29) is 31.1 Å². The number of ether oxygens (including phenoxy) is 3. The fourth-order valence-corrected chi connectivity index (χ4v) is 7.06. The van der Waals surface area contributed by atoms with Crippen LogP contribution in [-0.4, -0.2) is 37.2 Å². The maximum Gasteiger partial charge on any atom is 0.306 e. The Labute approximate surface area is 400 Å². The first-order valence-corrected chi connectivity index (χ1v) is 26.7. The van der Waals surface area contributed by atoms with Gasteiger partial charge in [-0.25, -0.2) is 0 Å². The van der Waals surface area contributed by atoms with Gasteiger partial charge in [0.2, 0.25) is 0 Å². The fourth-order valence-electron chi connectivity index (χ4n) is 7.06. The van der Waals surface area contributed by atoms with Crippen molar-refractivity contribution in [1.29, 1.82) is 0 Å². The molecule has 0 amide bonds. The second-order valence-electron chi connectivity index (χ2n) is 17.4. The van der Waals surface area contributed by atoms with Crippen molar-refractivity contribution in [3.8, 4) is 0 Å². The molecule has 0 rings (SSSR count). The van der Waals surface area contributed by atoms with Crippen LogP contribution in [0.2, 0.25) is 0 Å². The van der Waals surface area contributed by atoms with Crippen molar-refractivity contribution in [2.24, 2.45) is 0 Å². The molecule has 0 heterocycles. The van der Waals surface area contributed by atoms with Gasteiger partial charge < -0.3 is 14.2 Å². The summed E-state index contributed by atoms with van der Waals surface area (Å²) in [6, 6.07) is 0. The molecule has 6 heteroatoms. The van der Waals surface area contributed by atoms with Crippen LogP contribution in [0.3, 0.4) is 0 Å². The summed E-state index contributed by atoms with van der Waals surface area (Å²) in [5.74, 6) is -0.958. The van der Waals surface area contributed by atoms with Crippen LogP contribution >= 0.6 is 0 Å². The molecular weight excluding hydrogens is 805 g/mol. The minimum atomic E-state index is -0.801. The Kier molecular flexibility index (Phi) is 50.0. The molecule has 0 radical (unpaired) electrons. The van der Waals surface area contributed by atoms with Crippen molar-refractivity contribution < 1.29 is 28.6 Å². The molecule has 0 bridgehead atoms. The van der Waals surface area contributed by atoms with E-state index in [0.717, 1.165) is 122 Å². The number of hydrogen-bond donors (Lipinski definition) is 0. The van der Waals surface area contributed by atoms with Crippen LogP contribution in [0.4, 0.5) is 0 Å². The van der Waals surface area contributed by atoms with Crippen LogP contribution in [0.25, 0.3) is 0 Å². The smallest absolute Gasteiger partial charge is 0.306 e. The Morgan fingerprint density at radius 1 is 0.323 bits per heavy atom. The summed E-state index contributed by atoms with van der Waals surface area (Å²) in [7, 11) is 0. The Bertz CT molecular complexity index is 1310. The summed E-state index contributed by atoms with van der Waals surface area (Å²) >= 11 is 0. The van der Waals surface area contributed by atoms with Gasteiger partial charge in [-0.05, 0) is 103 Å². The summed E-state index contributed by atoms with van der Waals surface area (Å²) < 4.78 is 16.8. The highest BCUT2D eigenvalue weighted by atomic mass is 16.6. The molecule has 1 unspecified atom stereocenters. The largest absolute Gasteiger partial charge is 0.462 e. The van der Waals surface area contributed by atoms with Gasteiger partial charge in [0.05, 0.1) is 0 Å². The molecule has 0 aliphatic heterocycles. The summed E-state index contributed by atoms with van der Waals surface area (Å²) in [5.41, 5.74) is 0. The number of rotatable bonds is 47. The van der Waals surface area contributed by atoms with Gasteiger partial charge in [-0.15, -0.1) is 0 Å². The van der Waals surface area contributed by atoms with Crippen molar-refractivity contribution in [3.05, 3.63) is 97.2 Å².